The van der Waals surface area contributed by atoms with E-state index in [0.29, 0.717) is 6.42 Å². The van der Waals surface area contributed by atoms with Crippen LogP contribution >= 0.6 is 0 Å². The van der Waals surface area contributed by atoms with Gasteiger partial charge in [0.2, 0.25) is 17.7 Å². The van der Waals surface area contributed by atoms with Crippen LogP contribution < -0.4 is 16.0 Å². The molecule has 1 aliphatic rings. The molecule has 1 saturated heterocycles. The number of aliphatic hydroxyl groups excluding tert-OH is 1. The lowest BCUT2D eigenvalue weighted by Gasteiger charge is -2.33. The SMILES string of the molecule is CCCCCCCCCCCCCC(O)C(C)C1OC(=O)[C@H](COC(C)=O)NC(=O)[C@H]([C@@H](C)OS(=O)(=O)O)NC(=O)[C@H](C(C)C)NC(=O)C1C. The number of esters is 2. The van der Waals surface area contributed by atoms with E-state index in [2.05, 4.69) is 27.1 Å². The van der Waals surface area contributed by atoms with E-state index < -0.39 is 101 Å². The molecule has 0 spiro atoms. The first-order valence-corrected chi connectivity index (χ1v) is 19.3. The Labute approximate surface area is 297 Å². The van der Waals surface area contributed by atoms with Crippen LogP contribution in [0.4, 0.5) is 0 Å². The van der Waals surface area contributed by atoms with Crippen molar-refractivity contribution in [2.75, 3.05) is 6.61 Å². The van der Waals surface area contributed by atoms with E-state index in [1.807, 2.05) is 0 Å². The fourth-order valence-corrected chi connectivity index (χ4v) is 6.36. The number of carbonyl (C=O) groups excluding carboxylic acids is 5. The minimum absolute atomic E-state index is 0.387. The average Bonchev–Trinajstić information content (AvgIpc) is 3.03. The first kappa shape index (κ1) is 45.2. The Morgan fingerprint density at radius 3 is 1.82 bits per heavy atom. The van der Waals surface area contributed by atoms with E-state index in [-0.39, 0.29) is 0 Å². The van der Waals surface area contributed by atoms with Crippen molar-refractivity contribution in [3.63, 3.8) is 0 Å². The molecule has 0 aromatic rings. The quantitative estimate of drug-likeness (QED) is 0.0691. The summed E-state index contributed by atoms with van der Waals surface area (Å²) in [5, 5.41) is 18.4. The molecule has 1 aliphatic heterocycles. The van der Waals surface area contributed by atoms with Crippen molar-refractivity contribution < 1.29 is 55.7 Å². The molecular formula is C34H61N3O12S. The summed E-state index contributed by atoms with van der Waals surface area (Å²) < 4.78 is 47.4. The van der Waals surface area contributed by atoms with E-state index in [1.165, 1.54) is 51.9 Å². The molecule has 4 unspecified atom stereocenters. The lowest BCUT2D eigenvalue weighted by molar-refractivity contribution is -0.166. The predicted octanol–water partition coefficient (Wildman–Crippen LogP) is 3.13. The standard InChI is InChI=1S/C34H61N3O12S/c1-8-9-10-11-12-13-14-15-16-17-18-19-27(39)22(4)30-23(5)31(40)36-28(21(2)3)32(41)37-29(24(6)49-50(44,45)46)33(42)35-26(34(43)48-30)20-47-25(7)38/h21-24,26-30,39H,8-20H2,1-7H3,(H,35,42)(H,36,40)(H,37,41)(H,44,45,46)/t22?,23?,24-,26+,27?,28+,29+,30?/m1/s1. The van der Waals surface area contributed by atoms with E-state index in [0.717, 1.165) is 39.5 Å². The normalized spacial score (nSPS) is 24.4. The van der Waals surface area contributed by atoms with E-state index >= 15 is 0 Å². The van der Waals surface area contributed by atoms with Gasteiger partial charge in [-0.25, -0.2) is 8.98 Å². The molecule has 0 aliphatic carbocycles. The number of amides is 3. The predicted molar refractivity (Wildman–Crippen MR) is 185 cm³/mol. The van der Waals surface area contributed by atoms with Crippen molar-refractivity contribution >= 4 is 40.1 Å². The maximum absolute atomic E-state index is 13.6. The van der Waals surface area contributed by atoms with E-state index in [4.69, 9.17) is 9.47 Å². The lowest BCUT2D eigenvalue weighted by Crippen LogP contribution is -2.60. The summed E-state index contributed by atoms with van der Waals surface area (Å²) in [5.41, 5.74) is 0. The van der Waals surface area contributed by atoms with Gasteiger partial charge in [-0.05, 0) is 19.3 Å². The zero-order valence-electron chi connectivity index (χ0n) is 30.8. The number of hydrogen-bond acceptors (Lipinski definition) is 11. The van der Waals surface area contributed by atoms with Crippen molar-refractivity contribution in [3.8, 4) is 0 Å². The number of nitrogens with one attached hydrogen (secondary N) is 3. The highest BCUT2D eigenvalue weighted by molar-refractivity contribution is 7.80. The minimum Gasteiger partial charge on any atom is -0.463 e. The van der Waals surface area contributed by atoms with Crippen LogP contribution in [0.5, 0.6) is 0 Å². The number of hydrogen-bond donors (Lipinski definition) is 5. The van der Waals surface area contributed by atoms with Crippen molar-refractivity contribution in [3.05, 3.63) is 0 Å². The second kappa shape index (κ2) is 22.9. The molecule has 3 amide bonds. The highest BCUT2D eigenvalue weighted by atomic mass is 32.3. The van der Waals surface area contributed by atoms with Gasteiger partial charge in [0.15, 0.2) is 6.04 Å². The van der Waals surface area contributed by atoms with Crippen molar-refractivity contribution in [2.24, 2.45) is 17.8 Å². The third kappa shape index (κ3) is 16.9. The van der Waals surface area contributed by atoms with Crippen LogP contribution in [0.25, 0.3) is 0 Å². The number of cyclic esters (lactones) is 1. The van der Waals surface area contributed by atoms with Gasteiger partial charge in [-0.3, -0.25) is 23.7 Å². The topological polar surface area (TPSA) is 224 Å². The fourth-order valence-electron chi connectivity index (χ4n) is 5.87. The Morgan fingerprint density at radius 1 is 0.820 bits per heavy atom. The van der Waals surface area contributed by atoms with Gasteiger partial charge in [0.1, 0.15) is 30.9 Å². The highest BCUT2D eigenvalue weighted by Crippen LogP contribution is 2.25. The van der Waals surface area contributed by atoms with Crippen LogP contribution in [0.15, 0.2) is 0 Å². The summed E-state index contributed by atoms with van der Waals surface area (Å²) in [7, 11) is -5.09. The summed E-state index contributed by atoms with van der Waals surface area (Å²) in [6, 6.07) is -4.71. The summed E-state index contributed by atoms with van der Waals surface area (Å²) >= 11 is 0. The molecule has 0 bridgehead atoms. The van der Waals surface area contributed by atoms with Gasteiger partial charge in [0, 0.05) is 12.8 Å². The summed E-state index contributed by atoms with van der Waals surface area (Å²) in [4.78, 5) is 65.7. The number of rotatable bonds is 20. The number of unbranched alkanes of at least 4 members (excludes halogenated alkanes) is 10. The maximum Gasteiger partial charge on any atom is 0.397 e. The van der Waals surface area contributed by atoms with Crippen LogP contribution in [0, 0.1) is 17.8 Å². The van der Waals surface area contributed by atoms with Gasteiger partial charge in [0.05, 0.1) is 12.0 Å². The molecule has 0 saturated carbocycles. The Bertz CT molecular complexity index is 1200. The zero-order valence-corrected chi connectivity index (χ0v) is 31.6. The van der Waals surface area contributed by atoms with Crippen LogP contribution in [0.2, 0.25) is 0 Å². The lowest BCUT2D eigenvalue weighted by atomic mass is 9.86. The van der Waals surface area contributed by atoms with Gasteiger partial charge >= 0.3 is 22.3 Å². The van der Waals surface area contributed by atoms with Gasteiger partial charge in [0.25, 0.3) is 0 Å². The third-order valence-electron chi connectivity index (χ3n) is 9.01. The third-order valence-corrected chi connectivity index (χ3v) is 9.56. The molecule has 15 nitrogen and oxygen atoms in total. The van der Waals surface area contributed by atoms with Crippen LogP contribution in [-0.2, 0) is 48.0 Å². The van der Waals surface area contributed by atoms with Gasteiger partial charge in [-0.1, -0.05) is 105 Å². The molecule has 0 aromatic carbocycles. The van der Waals surface area contributed by atoms with Crippen LogP contribution in [0.3, 0.4) is 0 Å². The molecule has 50 heavy (non-hydrogen) atoms. The van der Waals surface area contributed by atoms with Crippen LogP contribution in [-0.4, -0.2) is 90.8 Å². The second-order valence-electron chi connectivity index (χ2n) is 13.8. The molecule has 1 rings (SSSR count). The van der Waals surface area contributed by atoms with Gasteiger partial charge in [-0.15, -0.1) is 0 Å². The molecular weight excluding hydrogens is 674 g/mol. The molecule has 0 aromatic heterocycles. The Balaban J connectivity index is 3.23. The first-order chi connectivity index (χ1) is 23.4. The molecule has 0 radical (unpaired) electrons. The highest BCUT2D eigenvalue weighted by Gasteiger charge is 2.42. The van der Waals surface area contributed by atoms with Crippen molar-refractivity contribution in [1.82, 2.24) is 16.0 Å². The Hall–Kier alpha value is -2.82. The molecule has 1 heterocycles. The smallest absolute Gasteiger partial charge is 0.397 e. The molecule has 16 heteroatoms. The summed E-state index contributed by atoms with van der Waals surface area (Å²) in [6.07, 6.45) is 8.96. The number of aliphatic hydroxyl groups is 1. The van der Waals surface area contributed by atoms with E-state index in [9.17, 15) is 42.0 Å². The Kier molecular flexibility index (Phi) is 20.7. The zero-order chi connectivity index (χ0) is 38.0. The fraction of sp³-hybridized carbons (Fsp3) is 0.853. The van der Waals surface area contributed by atoms with E-state index in [1.54, 1.807) is 20.8 Å². The first-order valence-electron chi connectivity index (χ1n) is 18.0. The Morgan fingerprint density at radius 2 is 1.32 bits per heavy atom. The second-order valence-corrected chi connectivity index (χ2v) is 14.8. The summed E-state index contributed by atoms with van der Waals surface area (Å²) in [6.45, 7) is 10.0. The average molecular weight is 736 g/mol. The molecule has 5 N–H and O–H groups in total. The van der Waals surface area contributed by atoms with Gasteiger partial charge < -0.3 is 30.5 Å². The van der Waals surface area contributed by atoms with Crippen molar-refractivity contribution in [2.45, 2.75) is 162 Å². The maximum atomic E-state index is 13.6. The molecule has 290 valence electrons. The largest absolute Gasteiger partial charge is 0.463 e. The molecule has 1 fully saturated rings. The monoisotopic (exact) mass is 735 g/mol. The number of carbonyl (C=O) groups is 5. The van der Waals surface area contributed by atoms with Crippen molar-refractivity contribution in [1.29, 1.82) is 0 Å². The minimum atomic E-state index is -5.09. The van der Waals surface area contributed by atoms with Crippen LogP contribution in [0.1, 0.15) is 126 Å². The number of ether oxygens (including phenoxy) is 2. The van der Waals surface area contributed by atoms with Gasteiger partial charge in [-0.2, -0.15) is 8.42 Å². The summed E-state index contributed by atoms with van der Waals surface area (Å²) in [5.74, 6) is -6.96. The molecule has 8 atom stereocenters.